The van der Waals surface area contributed by atoms with Gasteiger partial charge in [-0.05, 0) is 30.4 Å². The van der Waals surface area contributed by atoms with Gasteiger partial charge in [0.25, 0.3) is 5.91 Å². The molecule has 0 spiro atoms. The van der Waals surface area contributed by atoms with Crippen molar-refractivity contribution in [2.75, 3.05) is 19.7 Å². The molecule has 0 unspecified atom stereocenters. The van der Waals surface area contributed by atoms with Gasteiger partial charge < -0.3 is 14.7 Å². The summed E-state index contributed by atoms with van der Waals surface area (Å²) >= 11 is 1.58. The quantitative estimate of drug-likeness (QED) is 0.929. The highest BCUT2D eigenvalue weighted by molar-refractivity contribution is 7.14. The molecule has 2 aliphatic heterocycles. The van der Waals surface area contributed by atoms with Gasteiger partial charge in [-0.15, -0.1) is 11.3 Å². The number of carboxylic acid groups (broad SMARTS) is 1. The first kappa shape index (κ1) is 14.5. The minimum absolute atomic E-state index is 0.0863. The fourth-order valence-electron chi connectivity index (χ4n) is 3.00. The molecule has 0 atom stereocenters. The third kappa shape index (κ3) is 3.27. The molecular weight excluding hydrogens is 290 g/mol. The van der Waals surface area contributed by atoms with Crippen LogP contribution in [0.5, 0.6) is 0 Å². The lowest BCUT2D eigenvalue weighted by Gasteiger charge is -2.31. The maximum absolute atomic E-state index is 12.5. The lowest BCUT2D eigenvalue weighted by molar-refractivity contribution is -0.138. The number of rotatable bonds is 3. The van der Waals surface area contributed by atoms with Gasteiger partial charge in [0.05, 0.1) is 18.1 Å². The van der Waals surface area contributed by atoms with E-state index in [9.17, 15) is 9.59 Å². The van der Waals surface area contributed by atoms with Crippen molar-refractivity contribution in [2.24, 2.45) is 5.92 Å². The van der Waals surface area contributed by atoms with Crippen LogP contribution in [0.1, 0.15) is 39.4 Å². The maximum atomic E-state index is 12.5. The van der Waals surface area contributed by atoms with E-state index in [-0.39, 0.29) is 18.2 Å². The van der Waals surface area contributed by atoms with Gasteiger partial charge in [-0.2, -0.15) is 0 Å². The second-order valence-corrected chi connectivity index (χ2v) is 6.83. The van der Waals surface area contributed by atoms with Crippen LogP contribution in [0.25, 0.3) is 0 Å². The molecule has 1 amide bonds. The number of fused-ring (bicyclic) bond motifs is 1. The van der Waals surface area contributed by atoms with E-state index >= 15 is 0 Å². The third-order valence-corrected chi connectivity index (χ3v) is 5.43. The van der Waals surface area contributed by atoms with E-state index in [4.69, 9.17) is 9.84 Å². The Kier molecular flexibility index (Phi) is 4.26. The fraction of sp³-hybridized carbons (Fsp3) is 0.600. The topological polar surface area (TPSA) is 66.8 Å². The molecule has 0 aromatic carbocycles. The van der Waals surface area contributed by atoms with Crippen LogP contribution >= 0.6 is 11.3 Å². The number of carboxylic acids is 1. The van der Waals surface area contributed by atoms with Gasteiger partial charge in [-0.25, -0.2) is 0 Å². The van der Waals surface area contributed by atoms with Crippen LogP contribution in [-0.2, 0) is 22.6 Å². The molecular formula is C15H19NO4S. The molecule has 21 heavy (non-hydrogen) atoms. The predicted molar refractivity (Wildman–Crippen MR) is 78.6 cm³/mol. The van der Waals surface area contributed by atoms with Gasteiger partial charge in [0.2, 0.25) is 0 Å². The van der Waals surface area contributed by atoms with Crippen molar-refractivity contribution in [1.82, 2.24) is 4.90 Å². The number of hydrogen-bond donors (Lipinski definition) is 1. The summed E-state index contributed by atoms with van der Waals surface area (Å²) in [7, 11) is 0. The summed E-state index contributed by atoms with van der Waals surface area (Å²) in [5.41, 5.74) is 1.15. The summed E-state index contributed by atoms with van der Waals surface area (Å²) in [6, 6.07) is 1.96. The van der Waals surface area contributed by atoms with Crippen molar-refractivity contribution in [2.45, 2.75) is 32.3 Å². The molecule has 2 aliphatic rings. The molecule has 6 heteroatoms. The Labute approximate surface area is 127 Å². The molecule has 114 valence electrons. The fourth-order valence-corrected chi connectivity index (χ4v) is 4.11. The SMILES string of the molecule is O=C(O)CC1CCN(C(=O)c2cc3c(s2)CCOC3)CC1. The smallest absolute Gasteiger partial charge is 0.303 e. The van der Waals surface area contributed by atoms with Gasteiger partial charge in [-0.3, -0.25) is 9.59 Å². The van der Waals surface area contributed by atoms with E-state index in [1.165, 1.54) is 4.88 Å². The predicted octanol–water partition coefficient (Wildman–Crippen LogP) is 2.15. The Morgan fingerprint density at radius 1 is 1.38 bits per heavy atom. The number of amides is 1. The number of likely N-dealkylation sites (tertiary alicyclic amines) is 1. The summed E-state index contributed by atoms with van der Waals surface area (Å²) in [5, 5.41) is 8.82. The minimum atomic E-state index is -0.745. The van der Waals surface area contributed by atoms with E-state index in [1.807, 2.05) is 11.0 Å². The van der Waals surface area contributed by atoms with Crippen LogP contribution in [0.15, 0.2) is 6.07 Å². The molecule has 0 radical (unpaired) electrons. The second-order valence-electron chi connectivity index (χ2n) is 5.70. The number of carbonyl (C=O) groups excluding carboxylic acids is 1. The second kappa shape index (κ2) is 6.15. The first-order valence-electron chi connectivity index (χ1n) is 7.34. The number of nitrogens with zero attached hydrogens (tertiary/aromatic N) is 1. The molecule has 1 saturated heterocycles. The standard InChI is InChI=1S/C15H19NO4S/c17-14(18)7-10-1-4-16(5-2-10)15(19)13-8-11-9-20-6-3-12(11)21-13/h8,10H,1-7,9H2,(H,17,18). The van der Waals surface area contributed by atoms with Gasteiger partial charge in [0.1, 0.15) is 0 Å². The number of hydrogen-bond acceptors (Lipinski definition) is 4. The highest BCUT2D eigenvalue weighted by atomic mass is 32.1. The van der Waals surface area contributed by atoms with Crippen LogP contribution in [0, 0.1) is 5.92 Å². The Morgan fingerprint density at radius 2 is 2.14 bits per heavy atom. The van der Waals surface area contributed by atoms with Gasteiger partial charge in [0, 0.05) is 30.8 Å². The first-order valence-corrected chi connectivity index (χ1v) is 8.15. The van der Waals surface area contributed by atoms with Crippen molar-refractivity contribution in [1.29, 1.82) is 0 Å². The van der Waals surface area contributed by atoms with Crippen LogP contribution in [0.4, 0.5) is 0 Å². The summed E-state index contributed by atoms with van der Waals surface area (Å²) in [6.07, 6.45) is 2.68. The summed E-state index contributed by atoms with van der Waals surface area (Å²) in [5.74, 6) is -0.453. The maximum Gasteiger partial charge on any atom is 0.303 e. The largest absolute Gasteiger partial charge is 0.481 e. The summed E-state index contributed by atoms with van der Waals surface area (Å²) in [6.45, 7) is 2.67. The van der Waals surface area contributed by atoms with Crippen LogP contribution in [-0.4, -0.2) is 41.6 Å². The summed E-state index contributed by atoms with van der Waals surface area (Å²) in [4.78, 5) is 27.2. The summed E-state index contributed by atoms with van der Waals surface area (Å²) < 4.78 is 5.41. The Hall–Kier alpha value is -1.40. The lowest BCUT2D eigenvalue weighted by Crippen LogP contribution is -2.38. The zero-order chi connectivity index (χ0) is 14.8. The number of aliphatic carboxylic acids is 1. The molecule has 0 bridgehead atoms. The highest BCUT2D eigenvalue weighted by Gasteiger charge is 2.27. The molecule has 5 nitrogen and oxygen atoms in total. The van der Waals surface area contributed by atoms with Gasteiger partial charge >= 0.3 is 5.97 Å². The molecule has 1 N–H and O–H groups in total. The van der Waals surface area contributed by atoms with E-state index < -0.39 is 5.97 Å². The number of ether oxygens (including phenoxy) is 1. The molecule has 1 aromatic heterocycles. The Morgan fingerprint density at radius 3 is 2.81 bits per heavy atom. The molecule has 3 heterocycles. The molecule has 0 saturated carbocycles. The van der Waals surface area contributed by atoms with Crippen molar-refractivity contribution in [3.8, 4) is 0 Å². The van der Waals surface area contributed by atoms with E-state index in [0.29, 0.717) is 19.7 Å². The van der Waals surface area contributed by atoms with E-state index in [1.54, 1.807) is 11.3 Å². The monoisotopic (exact) mass is 309 g/mol. The van der Waals surface area contributed by atoms with Crippen LogP contribution in [0.3, 0.4) is 0 Å². The van der Waals surface area contributed by atoms with Crippen molar-refractivity contribution >= 4 is 23.2 Å². The van der Waals surface area contributed by atoms with Crippen LogP contribution < -0.4 is 0 Å². The minimum Gasteiger partial charge on any atom is -0.481 e. The first-order chi connectivity index (χ1) is 10.1. The van der Waals surface area contributed by atoms with E-state index in [2.05, 4.69) is 0 Å². The number of carbonyl (C=O) groups is 2. The highest BCUT2D eigenvalue weighted by Crippen LogP contribution is 2.29. The molecule has 3 rings (SSSR count). The average Bonchev–Trinajstić information content (AvgIpc) is 2.90. The Bertz CT molecular complexity index is 522. The van der Waals surface area contributed by atoms with Crippen LogP contribution in [0.2, 0.25) is 0 Å². The Balaban J connectivity index is 1.61. The van der Waals surface area contributed by atoms with E-state index in [0.717, 1.165) is 36.3 Å². The van der Waals surface area contributed by atoms with Gasteiger partial charge in [-0.1, -0.05) is 0 Å². The van der Waals surface area contributed by atoms with Crippen molar-refractivity contribution in [3.05, 3.63) is 21.4 Å². The molecule has 1 aromatic rings. The average molecular weight is 309 g/mol. The lowest BCUT2D eigenvalue weighted by atomic mass is 9.93. The zero-order valence-corrected chi connectivity index (χ0v) is 12.7. The number of piperidine rings is 1. The third-order valence-electron chi connectivity index (χ3n) is 4.20. The van der Waals surface area contributed by atoms with Crippen molar-refractivity contribution in [3.63, 3.8) is 0 Å². The zero-order valence-electron chi connectivity index (χ0n) is 11.8. The van der Waals surface area contributed by atoms with Crippen molar-refractivity contribution < 1.29 is 19.4 Å². The molecule has 0 aliphatic carbocycles. The number of thiophene rings is 1. The van der Waals surface area contributed by atoms with Gasteiger partial charge in [0.15, 0.2) is 0 Å². The molecule has 1 fully saturated rings. The normalized spacial score (nSPS) is 19.3.